The van der Waals surface area contributed by atoms with Crippen LogP contribution in [0.5, 0.6) is 0 Å². The molecule has 0 saturated carbocycles. The van der Waals surface area contributed by atoms with Gasteiger partial charge in [-0.05, 0) is 45.9 Å². The van der Waals surface area contributed by atoms with E-state index in [0.717, 1.165) is 19.6 Å². The number of hydrogen-bond acceptors (Lipinski definition) is 4. The van der Waals surface area contributed by atoms with Crippen LogP contribution >= 0.6 is 0 Å². The Hall–Kier alpha value is -0.650. The van der Waals surface area contributed by atoms with Crippen LogP contribution in [0.3, 0.4) is 0 Å². The minimum absolute atomic E-state index is 0.420. The first-order valence-electron chi connectivity index (χ1n) is 6.47. The normalized spacial score (nSPS) is 23.2. The van der Waals surface area contributed by atoms with Crippen molar-refractivity contribution in [1.82, 2.24) is 9.80 Å². The summed E-state index contributed by atoms with van der Waals surface area (Å²) >= 11 is 0. The maximum absolute atomic E-state index is 11.1. The summed E-state index contributed by atoms with van der Waals surface area (Å²) in [5.74, 6) is -0.765. The van der Waals surface area contributed by atoms with E-state index >= 15 is 0 Å². The SMILES string of the molecule is CCN1CCCC1CN(C)C(CCN)C(=O)O. The van der Waals surface area contributed by atoms with Crippen molar-refractivity contribution >= 4 is 5.97 Å². The Morgan fingerprint density at radius 1 is 1.65 bits per heavy atom. The van der Waals surface area contributed by atoms with Crippen molar-refractivity contribution in [3.8, 4) is 0 Å². The Kier molecular flexibility index (Phi) is 5.88. The van der Waals surface area contributed by atoms with E-state index in [-0.39, 0.29) is 0 Å². The van der Waals surface area contributed by atoms with E-state index in [1.54, 1.807) is 0 Å². The summed E-state index contributed by atoms with van der Waals surface area (Å²) in [6.45, 7) is 5.60. The van der Waals surface area contributed by atoms with E-state index in [1.165, 1.54) is 12.8 Å². The zero-order valence-electron chi connectivity index (χ0n) is 10.9. The number of nitrogens with zero attached hydrogens (tertiary/aromatic N) is 2. The number of hydrogen-bond donors (Lipinski definition) is 2. The second-order valence-electron chi connectivity index (χ2n) is 4.80. The fourth-order valence-corrected chi connectivity index (χ4v) is 2.67. The van der Waals surface area contributed by atoms with E-state index in [0.29, 0.717) is 19.0 Å². The molecule has 0 aromatic rings. The Labute approximate surface area is 104 Å². The molecule has 5 heteroatoms. The van der Waals surface area contributed by atoms with Gasteiger partial charge in [-0.25, -0.2) is 0 Å². The molecule has 5 nitrogen and oxygen atoms in total. The van der Waals surface area contributed by atoms with Crippen molar-refractivity contribution in [1.29, 1.82) is 0 Å². The summed E-state index contributed by atoms with van der Waals surface area (Å²) in [4.78, 5) is 15.5. The zero-order chi connectivity index (χ0) is 12.8. The summed E-state index contributed by atoms with van der Waals surface area (Å²) in [6.07, 6.45) is 2.92. The smallest absolute Gasteiger partial charge is 0.320 e. The maximum Gasteiger partial charge on any atom is 0.320 e. The second kappa shape index (κ2) is 6.93. The van der Waals surface area contributed by atoms with Gasteiger partial charge in [0.1, 0.15) is 6.04 Å². The highest BCUT2D eigenvalue weighted by atomic mass is 16.4. The molecule has 17 heavy (non-hydrogen) atoms. The van der Waals surface area contributed by atoms with E-state index in [2.05, 4.69) is 11.8 Å². The molecule has 1 aliphatic heterocycles. The standard InChI is InChI=1S/C12H25N3O2/c1-3-15-8-4-5-10(15)9-14(2)11(6-7-13)12(16)17/h10-11H,3-9,13H2,1-2H3,(H,16,17). The minimum Gasteiger partial charge on any atom is -0.480 e. The van der Waals surface area contributed by atoms with Crippen LogP contribution in [-0.2, 0) is 4.79 Å². The fourth-order valence-electron chi connectivity index (χ4n) is 2.67. The van der Waals surface area contributed by atoms with E-state index in [1.807, 2.05) is 11.9 Å². The third-order valence-corrected chi connectivity index (χ3v) is 3.66. The zero-order valence-corrected chi connectivity index (χ0v) is 10.9. The number of rotatable bonds is 7. The van der Waals surface area contributed by atoms with Crippen LogP contribution in [0.2, 0.25) is 0 Å². The number of carboxylic acids is 1. The summed E-state index contributed by atoms with van der Waals surface area (Å²) in [7, 11) is 1.89. The van der Waals surface area contributed by atoms with Crippen molar-refractivity contribution in [3.63, 3.8) is 0 Å². The summed E-state index contributed by atoms with van der Waals surface area (Å²) < 4.78 is 0. The van der Waals surface area contributed by atoms with E-state index < -0.39 is 12.0 Å². The van der Waals surface area contributed by atoms with Gasteiger partial charge in [0.2, 0.25) is 0 Å². The largest absolute Gasteiger partial charge is 0.480 e. The van der Waals surface area contributed by atoms with Crippen molar-refractivity contribution < 1.29 is 9.90 Å². The lowest BCUT2D eigenvalue weighted by atomic mass is 10.1. The molecule has 1 fully saturated rings. The quantitative estimate of drug-likeness (QED) is 0.668. The highest BCUT2D eigenvalue weighted by Gasteiger charge is 2.28. The summed E-state index contributed by atoms with van der Waals surface area (Å²) in [5.41, 5.74) is 5.47. The molecule has 1 aliphatic rings. The van der Waals surface area contributed by atoms with Crippen LogP contribution in [0.1, 0.15) is 26.2 Å². The molecular formula is C12H25N3O2. The molecule has 3 N–H and O–H groups in total. The van der Waals surface area contributed by atoms with Crippen molar-refractivity contribution in [3.05, 3.63) is 0 Å². The van der Waals surface area contributed by atoms with Crippen molar-refractivity contribution in [2.45, 2.75) is 38.3 Å². The molecule has 1 saturated heterocycles. The van der Waals surface area contributed by atoms with Crippen LogP contribution in [0.4, 0.5) is 0 Å². The molecule has 0 aliphatic carbocycles. The topological polar surface area (TPSA) is 69.8 Å². The molecule has 0 aromatic carbocycles. The van der Waals surface area contributed by atoms with Gasteiger partial charge in [-0.3, -0.25) is 14.6 Å². The molecule has 0 amide bonds. The number of aliphatic carboxylic acids is 1. The summed E-state index contributed by atoms with van der Waals surface area (Å²) in [6, 6.07) is 0.0592. The average Bonchev–Trinajstić information content (AvgIpc) is 2.72. The first kappa shape index (κ1) is 14.4. The van der Waals surface area contributed by atoms with Crippen LogP contribution in [0, 0.1) is 0 Å². The van der Waals surface area contributed by atoms with Crippen molar-refractivity contribution in [2.24, 2.45) is 5.73 Å². The highest BCUT2D eigenvalue weighted by molar-refractivity contribution is 5.73. The van der Waals surface area contributed by atoms with Gasteiger partial charge in [0.05, 0.1) is 0 Å². The van der Waals surface area contributed by atoms with Gasteiger partial charge in [-0.2, -0.15) is 0 Å². The molecule has 1 rings (SSSR count). The van der Waals surface area contributed by atoms with Crippen LogP contribution < -0.4 is 5.73 Å². The van der Waals surface area contributed by atoms with E-state index in [4.69, 9.17) is 10.8 Å². The van der Waals surface area contributed by atoms with Crippen LogP contribution in [0.15, 0.2) is 0 Å². The Bertz CT molecular complexity index is 248. The number of nitrogens with two attached hydrogens (primary N) is 1. The van der Waals surface area contributed by atoms with Crippen molar-refractivity contribution in [2.75, 3.05) is 33.2 Å². The van der Waals surface area contributed by atoms with Crippen LogP contribution in [0.25, 0.3) is 0 Å². The summed E-state index contributed by atoms with van der Waals surface area (Å²) in [5, 5.41) is 9.16. The Morgan fingerprint density at radius 2 is 2.35 bits per heavy atom. The average molecular weight is 243 g/mol. The third-order valence-electron chi connectivity index (χ3n) is 3.66. The lowest BCUT2D eigenvalue weighted by Crippen LogP contribution is -2.46. The maximum atomic E-state index is 11.1. The van der Waals surface area contributed by atoms with Gasteiger partial charge in [0.15, 0.2) is 0 Å². The lowest BCUT2D eigenvalue weighted by Gasteiger charge is -2.31. The van der Waals surface area contributed by atoms with Gasteiger partial charge in [0.25, 0.3) is 0 Å². The molecule has 2 unspecified atom stereocenters. The van der Waals surface area contributed by atoms with Gasteiger partial charge in [-0.15, -0.1) is 0 Å². The molecule has 0 radical (unpaired) electrons. The number of carbonyl (C=O) groups is 1. The van der Waals surface area contributed by atoms with Crippen LogP contribution in [-0.4, -0.2) is 66.2 Å². The molecule has 1 heterocycles. The number of carboxylic acid groups (broad SMARTS) is 1. The molecule has 0 aromatic heterocycles. The number of likely N-dealkylation sites (tertiary alicyclic amines) is 1. The minimum atomic E-state index is -0.765. The molecule has 0 spiro atoms. The first-order valence-corrected chi connectivity index (χ1v) is 6.47. The number of likely N-dealkylation sites (N-methyl/N-ethyl adjacent to an activating group) is 2. The predicted molar refractivity (Wildman–Crippen MR) is 68.0 cm³/mol. The molecule has 100 valence electrons. The highest BCUT2D eigenvalue weighted by Crippen LogP contribution is 2.18. The lowest BCUT2D eigenvalue weighted by molar-refractivity contribution is -0.143. The van der Waals surface area contributed by atoms with Gasteiger partial charge in [-0.1, -0.05) is 6.92 Å². The second-order valence-corrected chi connectivity index (χ2v) is 4.80. The predicted octanol–water partition coefficient (Wildman–Crippen LogP) is 0.205. The molecular weight excluding hydrogens is 218 g/mol. The fraction of sp³-hybridized carbons (Fsp3) is 0.917. The van der Waals surface area contributed by atoms with Gasteiger partial charge < -0.3 is 10.8 Å². The Balaban J connectivity index is 2.50. The Morgan fingerprint density at radius 3 is 2.88 bits per heavy atom. The van der Waals surface area contributed by atoms with Gasteiger partial charge in [0, 0.05) is 12.6 Å². The monoisotopic (exact) mass is 243 g/mol. The molecule has 2 atom stereocenters. The third kappa shape index (κ3) is 3.94. The van der Waals surface area contributed by atoms with Gasteiger partial charge >= 0.3 is 5.97 Å². The molecule has 0 bridgehead atoms. The van der Waals surface area contributed by atoms with E-state index in [9.17, 15) is 4.79 Å². The first-order chi connectivity index (χ1) is 8.10.